The van der Waals surface area contributed by atoms with Gasteiger partial charge in [-0.05, 0) is 69.8 Å². The molecule has 9 aromatic rings. The van der Waals surface area contributed by atoms with Gasteiger partial charge in [-0.1, -0.05) is 140 Å². The van der Waals surface area contributed by atoms with E-state index in [2.05, 4.69) is 170 Å². The van der Waals surface area contributed by atoms with Gasteiger partial charge in [0.15, 0.2) is 0 Å². The zero-order valence-electron chi connectivity index (χ0n) is 27.5. The molecule has 1 spiro atoms. The van der Waals surface area contributed by atoms with Crippen LogP contribution in [0.2, 0.25) is 0 Å². The summed E-state index contributed by atoms with van der Waals surface area (Å²) in [5, 5.41) is 2.03. The number of ether oxygens (including phenoxy) is 1. The van der Waals surface area contributed by atoms with Crippen molar-refractivity contribution < 1.29 is 9.15 Å². The zero-order chi connectivity index (χ0) is 33.5. The summed E-state index contributed by atoms with van der Waals surface area (Å²) in [6.45, 7) is 0. The fourth-order valence-electron chi connectivity index (χ4n) is 8.61. The van der Waals surface area contributed by atoms with Crippen molar-refractivity contribution in [3.05, 3.63) is 198 Å². The van der Waals surface area contributed by atoms with E-state index in [1.165, 1.54) is 22.3 Å². The third-order valence-electron chi connectivity index (χ3n) is 10.7. The van der Waals surface area contributed by atoms with Crippen molar-refractivity contribution in [1.29, 1.82) is 0 Å². The van der Waals surface area contributed by atoms with Crippen molar-refractivity contribution in [2.75, 3.05) is 0 Å². The Morgan fingerprint density at radius 1 is 0.392 bits per heavy atom. The normalized spacial score (nSPS) is 13.4. The molecule has 0 radical (unpaired) electrons. The maximum absolute atomic E-state index is 6.86. The Bertz CT molecular complexity index is 2730. The van der Waals surface area contributed by atoms with Gasteiger partial charge in [-0.15, -0.1) is 0 Å². The second kappa shape index (κ2) is 10.6. The van der Waals surface area contributed by atoms with Gasteiger partial charge in [0.25, 0.3) is 0 Å². The van der Waals surface area contributed by atoms with Gasteiger partial charge in [0.05, 0.1) is 16.8 Å². The predicted octanol–water partition coefficient (Wildman–Crippen LogP) is 12.5. The van der Waals surface area contributed by atoms with Crippen LogP contribution in [0.5, 0.6) is 11.5 Å². The molecule has 0 amide bonds. The molecule has 0 fully saturated rings. The molecule has 0 N–H and O–H groups in total. The number of hydrogen-bond donors (Lipinski definition) is 0. The van der Waals surface area contributed by atoms with E-state index in [4.69, 9.17) is 14.1 Å². The van der Waals surface area contributed by atoms with Gasteiger partial charge in [-0.3, -0.25) is 0 Å². The third kappa shape index (κ3) is 3.97. The van der Waals surface area contributed by atoms with Crippen LogP contribution in [0.4, 0.5) is 0 Å². The number of benzene rings is 7. The number of rotatable bonds is 3. The predicted molar refractivity (Wildman–Crippen MR) is 205 cm³/mol. The fraction of sp³-hybridized carbons (Fsp3) is 0.0208. The van der Waals surface area contributed by atoms with Gasteiger partial charge in [-0.25, -0.2) is 4.98 Å². The third-order valence-corrected chi connectivity index (χ3v) is 10.7. The molecule has 0 unspecified atom stereocenters. The number of nitrogens with zero attached hydrogens (tertiary/aromatic N) is 1. The van der Waals surface area contributed by atoms with Crippen molar-refractivity contribution in [3.63, 3.8) is 0 Å². The Morgan fingerprint density at radius 3 is 1.75 bits per heavy atom. The molecule has 3 nitrogen and oxygen atoms in total. The Kier molecular flexibility index (Phi) is 5.88. The molecule has 1 aliphatic heterocycles. The van der Waals surface area contributed by atoms with E-state index in [-0.39, 0.29) is 0 Å². The molecule has 7 aromatic carbocycles. The van der Waals surface area contributed by atoms with Crippen LogP contribution in [0.15, 0.2) is 180 Å². The number of para-hydroxylation sites is 1. The first-order chi connectivity index (χ1) is 25.3. The largest absolute Gasteiger partial charge is 0.457 e. The van der Waals surface area contributed by atoms with Gasteiger partial charge in [-0.2, -0.15) is 0 Å². The van der Waals surface area contributed by atoms with Gasteiger partial charge < -0.3 is 9.15 Å². The van der Waals surface area contributed by atoms with Gasteiger partial charge in [0.2, 0.25) is 0 Å². The van der Waals surface area contributed by atoms with Crippen LogP contribution in [0.1, 0.15) is 22.3 Å². The lowest BCUT2D eigenvalue weighted by molar-refractivity contribution is 0.437. The van der Waals surface area contributed by atoms with Crippen LogP contribution in [-0.4, -0.2) is 4.98 Å². The van der Waals surface area contributed by atoms with Crippen molar-refractivity contribution >= 4 is 21.9 Å². The highest BCUT2D eigenvalue weighted by atomic mass is 16.5. The molecule has 2 aromatic heterocycles. The first-order valence-electron chi connectivity index (χ1n) is 17.4. The average Bonchev–Trinajstić information content (AvgIpc) is 3.71. The lowest BCUT2D eigenvalue weighted by atomic mass is 9.66. The molecule has 2 aliphatic rings. The summed E-state index contributed by atoms with van der Waals surface area (Å²) in [5.41, 5.74) is 14.5. The Hall–Kier alpha value is -6.71. The summed E-state index contributed by atoms with van der Waals surface area (Å²) in [7, 11) is 0. The average molecular weight is 652 g/mol. The van der Waals surface area contributed by atoms with E-state index in [0.717, 1.165) is 78.2 Å². The lowest BCUT2D eigenvalue weighted by Gasteiger charge is -2.39. The minimum atomic E-state index is -0.552. The quantitative estimate of drug-likeness (QED) is 0.191. The number of pyridine rings is 1. The first kappa shape index (κ1) is 28.2. The second-order valence-corrected chi connectivity index (χ2v) is 13.4. The molecular formula is C48H29NO2. The molecule has 0 atom stereocenters. The summed E-state index contributed by atoms with van der Waals surface area (Å²) >= 11 is 0. The minimum Gasteiger partial charge on any atom is -0.457 e. The smallest absolute Gasteiger partial charge is 0.136 e. The molecule has 238 valence electrons. The van der Waals surface area contributed by atoms with Crippen molar-refractivity contribution in [3.8, 4) is 56.3 Å². The molecule has 0 saturated heterocycles. The van der Waals surface area contributed by atoms with Gasteiger partial charge in [0.1, 0.15) is 22.7 Å². The lowest BCUT2D eigenvalue weighted by Crippen LogP contribution is -2.32. The van der Waals surface area contributed by atoms with E-state index in [1.807, 2.05) is 6.07 Å². The topological polar surface area (TPSA) is 35.3 Å². The Morgan fingerprint density at radius 2 is 1.00 bits per heavy atom. The van der Waals surface area contributed by atoms with Crippen LogP contribution in [0.25, 0.3) is 66.7 Å². The molecule has 11 rings (SSSR count). The number of furan rings is 1. The van der Waals surface area contributed by atoms with Crippen LogP contribution in [-0.2, 0) is 5.41 Å². The van der Waals surface area contributed by atoms with Gasteiger partial charge in [0, 0.05) is 33.0 Å². The maximum Gasteiger partial charge on any atom is 0.136 e. The molecule has 51 heavy (non-hydrogen) atoms. The highest BCUT2D eigenvalue weighted by Crippen LogP contribution is 2.62. The van der Waals surface area contributed by atoms with Gasteiger partial charge >= 0.3 is 0 Å². The molecule has 1 aliphatic carbocycles. The first-order valence-corrected chi connectivity index (χ1v) is 17.4. The van der Waals surface area contributed by atoms with Crippen LogP contribution >= 0.6 is 0 Å². The maximum atomic E-state index is 6.86. The van der Waals surface area contributed by atoms with Crippen LogP contribution in [0, 0.1) is 0 Å². The summed E-state index contributed by atoms with van der Waals surface area (Å²) in [6.07, 6.45) is 0. The molecule has 3 heterocycles. The fourth-order valence-corrected chi connectivity index (χ4v) is 8.61. The Balaban J connectivity index is 1.19. The molecular weight excluding hydrogens is 623 g/mol. The van der Waals surface area contributed by atoms with Crippen molar-refractivity contribution in [2.24, 2.45) is 0 Å². The van der Waals surface area contributed by atoms with E-state index in [1.54, 1.807) is 0 Å². The van der Waals surface area contributed by atoms with E-state index >= 15 is 0 Å². The number of aromatic nitrogens is 1. The zero-order valence-corrected chi connectivity index (χ0v) is 27.5. The summed E-state index contributed by atoms with van der Waals surface area (Å²) < 4.78 is 13.7. The van der Waals surface area contributed by atoms with Crippen LogP contribution in [0.3, 0.4) is 0 Å². The minimum absolute atomic E-state index is 0.552. The van der Waals surface area contributed by atoms with Crippen LogP contribution < -0.4 is 4.74 Å². The van der Waals surface area contributed by atoms with E-state index < -0.39 is 5.41 Å². The molecule has 0 bridgehead atoms. The summed E-state index contributed by atoms with van der Waals surface area (Å²) in [5.74, 6) is 1.70. The Labute approximate surface area is 295 Å². The SMILES string of the molecule is c1ccc(-c2cc(-c3ccccc3)nc(-c3cccc4oc5cc6c(cc5c34)Oc3ccccc3C63c4ccccc4-c4ccccc43)c2)cc1. The molecule has 0 saturated carbocycles. The summed E-state index contributed by atoms with van der Waals surface area (Å²) in [6, 6.07) is 62.1. The van der Waals surface area contributed by atoms with E-state index in [0.29, 0.717) is 0 Å². The second-order valence-electron chi connectivity index (χ2n) is 13.4. The molecule has 3 heteroatoms. The summed E-state index contributed by atoms with van der Waals surface area (Å²) in [4.78, 5) is 5.29. The monoisotopic (exact) mass is 651 g/mol. The highest BCUT2D eigenvalue weighted by Gasteiger charge is 2.51. The van der Waals surface area contributed by atoms with Crippen molar-refractivity contribution in [1.82, 2.24) is 4.98 Å². The van der Waals surface area contributed by atoms with Crippen molar-refractivity contribution in [2.45, 2.75) is 5.41 Å². The number of fused-ring (bicyclic) bond motifs is 12. The number of hydrogen-bond acceptors (Lipinski definition) is 3. The standard InChI is InChI=1S/C48H29NO2/c1-3-14-30(15-4-1)32-26-41(31-16-5-2-6-17-31)49-42(27-32)35-20-13-25-44-47(35)36-28-46-40(29-45(36)51-44)48(39-23-11-12-24-43(39)50-46)37-21-9-7-18-33(37)34-19-8-10-22-38(34)48/h1-29H. The van der Waals surface area contributed by atoms with E-state index in [9.17, 15) is 0 Å². The highest BCUT2D eigenvalue weighted by molar-refractivity contribution is 6.13.